The maximum Gasteiger partial charge on any atom is 0.350 e. The average molecular weight is 362 g/mol. The summed E-state index contributed by atoms with van der Waals surface area (Å²) in [4.78, 5) is 29.7. The van der Waals surface area contributed by atoms with Gasteiger partial charge in [-0.15, -0.1) is 0 Å². The number of nitrogen functional groups attached to an aromatic ring is 2. The second-order valence-corrected chi connectivity index (χ2v) is 6.65. The summed E-state index contributed by atoms with van der Waals surface area (Å²) in [6, 6.07) is 0. The first-order valence-corrected chi connectivity index (χ1v) is 8.70. The van der Waals surface area contributed by atoms with Gasteiger partial charge in [0.15, 0.2) is 17.0 Å². The van der Waals surface area contributed by atoms with Crippen LogP contribution in [0.1, 0.15) is 5.82 Å². The number of imidazole rings is 1. The van der Waals surface area contributed by atoms with Gasteiger partial charge in [0, 0.05) is 13.0 Å². The van der Waals surface area contributed by atoms with Crippen LogP contribution in [0.25, 0.3) is 11.2 Å². The Morgan fingerprint density at radius 3 is 2.58 bits per heavy atom. The third-order valence-corrected chi connectivity index (χ3v) is 3.58. The van der Waals surface area contributed by atoms with Crippen molar-refractivity contribution in [2.45, 2.75) is 19.1 Å². The molecule has 0 fully saturated rings. The van der Waals surface area contributed by atoms with Gasteiger partial charge >= 0.3 is 7.60 Å². The van der Waals surface area contributed by atoms with E-state index in [2.05, 4.69) is 15.0 Å². The van der Waals surface area contributed by atoms with Crippen LogP contribution in [0.5, 0.6) is 0 Å². The molecule has 1 unspecified atom stereocenters. The number of anilines is 2. The molecule has 0 aliphatic heterocycles. The predicted octanol–water partition coefficient (Wildman–Crippen LogP) is -1.96. The summed E-state index contributed by atoms with van der Waals surface area (Å²) >= 11 is 0. The number of nitrogens with two attached hydrogens (primary N) is 2. The summed E-state index contributed by atoms with van der Waals surface area (Å²) < 4.78 is 17.3. The number of ether oxygens (including phenoxy) is 1. The molecule has 13 heteroatoms. The smallest absolute Gasteiger partial charge is 0.350 e. The summed E-state index contributed by atoms with van der Waals surface area (Å²) in [5.41, 5.74) is 11.9. The Balaban J connectivity index is 2.29. The normalized spacial score (nSPS) is 13.5. The zero-order valence-corrected chi connectivity index (χ0v) is 13.5. The average Bonchev–Trinajstić information content (AvgIpc) is 2.80. The molecule has 2 rings (SSSR count). The molecule has 0 radical (unpaired) electrons. The van der Waals surface area contributed by atoms with Crippen molar-refractivity contribution in [1.82, 2.24) is 19.5 Å². The van der Waals surface area contributed by atoms with E-state index in [0.29, 0.717) is 11.5 Å². The molecular weight excluding hydrogens is 343 g/mol. The van der Waals surface area contributed by atoms with Crippen LogP contribution in [0.3, 0.4) is 0 Å². The van der Waals surface area contributed by atoms with Gasteiger partial charge in [0.2, 0.25) is 5.95 Å². The van der Waals surface area contributed by atoms with E-state index >= 15 is 0 Å². The molecule has 0 aromatic carbocycles. The highest BCUT2D eigenvalue weighted by molar-refractivity contribution is 7.51. The monoisotopic (exact) mass is 362 g/mol. The highest BCUT2D eigenvalue weighted by Gasteiger charge is 2.19. The van der Waals surface area contributed by atoms with E-state index in [1.54, 1.807) is 4.57 Å². The van der Waals surface area contributed by atoms with Gasteiger partial charge in [-0.3, -0.25) is 4.57 Å². The van der Waals surface area contributed by atoms with Gasteiger partial charge in [-0.1, -0.05) is 0 Å². The number of fused-ring (bicyclic) bond motifs is 1. The second-order valence-electron chi connectivity index (χ2n) is 5.06. The number of aliphatic hydroxyl groups excluding tert-OH is 2. The maximum absolute atomic E-state index is 10.8. The molecule has 8 N–H and O–H groups in total. The summed E-state index contributed by atoms with van der Waals surface area (Å²) in [6.07, 6.45) is -1.74. The van der Waals surface area contributed by atoms with Crippen LogP contribution in [0.15, 0.2) is 0 Å². The predicted molar refractivity (Wildman–Crippen MR) is 83.8 cm³/mol. The summed E-state index contributed by atoms with van der Waals surface area (Å²) in [6.45, 7) is -0.357. The Hall–Kier alpha value is -1.82. The highest BCUT2D eigenvalue weighted by atomic mass is 31.2. The fourth-order valence-electron chi connectivity index (χ4n) is 2.09. The highest BCUT2D eigenvalue weighted by Crippen LogP contribution is 2.33. The molecule has 0 aliphatic rings. The van der Waals surface area contributed by atoms with Crippen molar-refractivity contribution in [2.75, 3.05) is 31.0 Å². The molecule has 0 saturated carbocycles. The minimum atomic E-state index is -4.26. The molecule has 1 atom stereocenters. The van der Waals surface area contributed by atoms with Crippen LogP contribution < -0.4 is 11.5 Å². The molecule has 0 saturated heterocycles. The Morgan fingerprint density at radius 2 is 1.96 bits per heavy atom. The van der Waals surface area contributed by atoms with E-state index in [1.165, 1.54) is 0 Å². The van der Waals surface area contributed by atoms with Crippen LogP contribution in [0.2, 0.25) is 0 Å². The number of hydrogen-bond donors (Lipinski definition) is 6. The molecule has 12 nitrogen and oxygen atoms in total. The first-order chi connectivity index (χ1) is 11.2. The lowest BCUT2D eigenvalue weighted by atomic mass is 10.2. The van der Waals surface area contributed by atoms with Crippen LogP contribution in [-0.4, -0.2) is 65.2 Å². The molecular formula is C11H19N6O6P. The minimum Gasteiger partial charge on any atom is -0.394 e. The molecule has 2 aromatic heterocycles. The lowest BCUT2D eigenvalue weighted by Crippen LogP contribution is -2.19. The maximum atomic E-state index is 10.8. The van der Waals surface area contributed by atoms with Crippen molar-refractivity contribution in [1.29, 1.82) is 0 Å². The van der Waals surface area contributed by atoms with E-state index in [1.807, 2.05) is 0 Å². The van der Waals surface area contributed by atoms with Crippen LogP contribution in [0, 0.1) is 0 Å². The van der Waals surface area contributed by atoms with E-state index < -0.39 is 26.7 Å². The van der Waals surface area contributed by atoms with Gasteiger partial charge in [-0.05, 0) is 0 Å². The fourth-order valence-corrected chi connectivity index (χ4v) is 2.46. The van der Waals surface area contributed by atoms with Gasteiger partial charge in [0.1, 0.15) is 12.2 Å². The van der Waals surface area contributed by atoms with Gasteiger partial charge in [0.05, 0.1) is 19.3 Å². The van der Waals surface area contributed by atoms with Crippen molar-refractivity contribution in [3.05, 3.63) is 5.82 Å². The summed E-state index contributed by atoms with van der Waals surface area (Å²) in [5.74, 6) is 0.358. The van der Waals surface area contributed by atoms with Crippen molar-refractivity contribution >= 4 is 30.5 Å². The van der Waals surface area contributed by atoms with Crippen LogP contribution >= 0.6 is 7.60 Å². The Bertz CT molecular complexity index is 761. The third kappa shape index (κ3) is 4.60. The number of rotatable bonds is 8. The van der Waals surface area contributed by atoms with Gasteiger partial charge in [0.25, 0.3) is 0 Å². The fraction of sp³-hybridized carbons (Fsp3) is 0.545. The first kappa shape index (κ1) is 18.5. The Morgan fingerprint density at radius 1 is 1.25 bits per heavy atom. The summed E-state index contributed by atoms with van der Waals surface area (Å²) in [7, 11) is -4.26. The quantitative estimate of drug-likeness (QED) is 0.225. The van der Waals surface area contributed by atoms with Crippen molar-refractivity contribution in [3.63, 3.8) is 0 Å². The van der Waals surface area contributed by atoms with Crippen molar-refractivity contribution in [2.24, 2.45) is 0 Å². The van der Waals surface area contributed by atoms with E-state index in [4.69, 9.17) is 31.1 Å². The number of aliphatic hydroxyl groups is 2. The summed E-state index contributed by atoms with van der Waals surface area (Å²) in [5, 5.41) is 18.6. The van der Waals surface area contributed by atoms with Crippen LogP contribution in [-0.2, 0) is 22.3 Å². The number of aromatic nitrogens is 4. The molecule has 2 heterocycles. The largest absolute Gasteiger partial charge is 0.394 e. The number of hydrogen-bond acceptors (Lipinski definition) is 9. The SMILES string of the molecule is Nc1nc(N)c2nc(CC(O)CO)n(CCOCP(=O)(O)O)c2n1. The Labute approximate surface area is 136 Å². The molecule has 0 spiro atoms. The topological polar surface area (TPSA) is 203 Å². The molecule has 0 bridgehead atoms. The first-order valence-electron chi connectivity index (χ1n) is 6.90. The lowest BCUT2D eigenvalue weighted by molar-refractivity contribution is 0.0925. The number of nitrogens with zero attached hydrogens (tertiary/aromatic N) is 4. The van der Waals surface area contributed by atoms with Crippen molar-refractivity contribution in [3.8, 4) is 0 Å². The van der Waals surface area contributed by atoms with Gasteiger partial charge < -0.3 is 40.8 Å². The van der Waals surface area contributed by atoms with E-state index in [-0.39, 0.29) is 36.9 Å². The van der Waals surface area contributed by atoms with Gasteiger partial charge in [-0.25, -0.2) is 4.98 Å². The van der Waals surface area contributed by atoms with Crippen molar-refractivity contribution < 1.29 is 29.3 Å². The van der Waals surface area contributed by atoms with E-state index in [0.717, 1.165) is 0 Å². The molecule has 24 heavy (non-hydrogen) atoms. The lowest BCUT2D eigenvalue weighted by Gasteiger charge is -2.11. The van der Waals surface area contributed by atoms with Crippen LogP contribution in [0.4, 0.5) is 11.8 Å². The van der Waals surface area contributed by atoms with E-state index in [9.17, 15) is 9.67 Å². The molecule has 134 valence electrons. The zero-order chi connectivity index (χ0) is 17.9. The molecule has 0 amide bonds. The molecule has 0 aliphatic carbocycles. The third-order valence-electron chi connectivity index (χ3n) is 3.07. The second kappa shape index (κ2) is 7.38. The Kier molecular flexibility index (Phi) is 5.70. The zero-order valence-electron chi connectivity index (χ0n) is 12.6. The molecule has 2 aromatic rings. The minimum absolute atomic E-state index is 0.0185. The van der Waals surface area contributed by atoms with Gasteiger partial charge in [-0.2, -0.15) is 9.97 Å². The standard InChI is InChI=1S/C11H19N6O6P/c12-9-8-10(16-11(13)15-9)17(1-2-23-5-24(20,21)22)7(14-8)3-6(19)4-18/h6,18-19H,1-5H2,(H2,20,21,22)(H4,12,13,15,16).